The molecule has 1 N–H and O–H groups in total. The third kappa shape index (κ3) is 5.00. The van der Waals surface area contributed by atoms with Crippen LogP contribution in [0.3, 0.4) is 0 Å². The van der Waals surface area contributed by atoms with E-state index in [1.807, 2.05) is 13.0 Å². The summed E-state index contributed by atoms with van der Waals surface area (Å²) in [6, 6.07) is 10.5. The van der Waals surface area contributed by atoms with E-state index in [2.05, 4.69) is 41.5 Å². The summed E-state index contributed by atoms with van der Waals surface area (Å²) in [5, 5.41) is 5.22. The maximum absolute atomic E-state index is 5.75. The minimum absolute atomic E-state index is 0.441. The molecule has 1 aromatic carbocycles. The Hall–Kier alpha value is -1.59. The third-order valence-electron chi connectivity index (χ3n) is 3.41. The topological polar surface area (TPSA) is 43.4 Å². The van der Waals surface area contributed by atoms with Crippen molar-refractivity contribution in [2.45, 2.75) is 26.2 Å². The van der Waals surface area contributed by atoms with E-state index < -0.39 is 0 Å². The molecule has 0 fully saturated rings. The summed E-state index contributed by atoms with van der Waals surface area (Å²) in [7, 11) is 1.70. The second kappa shape index (κ2) is 8.76. The van der Waals surface area contributed by atoms with Gasteiger partial charge < -0.3 is 14.8 Å². The molecule has 120 valence electrons. The molecule has 0 aliphatic carbocycles. The van der Waals surface area contributed by atoms with Gasteiger partial charge in [0.05, 0.1) is 12.3 Å². The number of rotatable bonds is 9. The molecule has 1 unspecified atom stereocenters. The molecule has 1 atom stereocenters. The molecule has 0 bridgehead atoms. The van der Waals surface area contributed by atoms with Crippen LogP contribution in [0.25, 0.3) is 0 Å². The van der Waals surface area contributed by atoms with Crippen LogP contribution in [-0.2, 0) is 4.74 Å². The molecule has 5 heteroatoms. The van der Waals surface area contributed by atoms with Gasteiger partial charge in [-0.1, -0.05) is 48.6 Å². The lowest BCUT2D eigenvalue weighted by Crippen LogP contribution is -2.09. The molecule has 0 saturated heterocycles. The Morgan fingerprint density at radius 2 is 2.00 bits per heavy atom. The van der Waals surface area contributed by atoms with Gasteiger partial charge in [0.1, 0.15) is 0 Å². The molecule has 1 aromatic heterocycles. The van der Waals surface area contributed by atoms with Crippen molar-refractivity contribution in [3.63, 3.8) is 0 Å². The Morgan fingerprint density at radius 1 is 1.23 bits per heavy atom. The zero-order valence-corrected chi connectivity index (χ0v) is 14.3. The van der Waals surface area contributed by atoms with Crippen molar-refractivity contribution in [2.24, 2.45) is 0 Å². The Bertz CT molecular complexity index is 557. The second-order valence-electron chi connectivity index (χ2n) is 5.28. The molecular formula is C17H24N2O2S. The van der Waals surface area contributed by atoms with Crippen molar-refractivity contribution < 1.29 is 9.47 Å². The molecular weight excluding hydrogens is 296 g/mol. The highest BCUT2D eigenvalue weighted by Crippen LogP contribution is 2.30. The van der Waals surface area contributed by atoms with Crippen LogP contribution in [0.5, 0.6) is 5.06 Å². The highest BCUT2D eigenvalue weighted by Gasteiger charge is 2.10. The third-order valence-corrected chi connectivity index (χ3v) is 4.44. The molecule has 4 nitrogen and oxygen atoms in total. The van der Waals surface area contributed by atoms with E-state index in [0.29, 0.717) is 12.5 Å². The van der Waals surface area contributed by atoms with Gasteiger partial charge in [0.25, 0.3) is 0 Å². The predicted octanol–water partition coefficient (Wildman–Crippen LogP) is 4.08. The van der Waals surface area contributed by atoms with Crippen LogP contribution in [0.1, 0.15) is 30.5 Å². The average molecular weight is 320 g/mol. The first-order valence-electron chi connectivity index (χ1n) is 7.58. The highest BCUT2D eigenvalue weighted by atomic mass is 32.1. The van der Waals surface area contributed by atoms with Crippen molar-refractivity contribution >= 4 is 16.5 Å². The Kier molecular flexibility index (Phi) is 6.68. The Labute approximate surface area is 136 Å². The molecule has 0 radical (unpaired) electrons. The SMILES string of the molecule is COCCCOc1sc(NCC(C)c2ccccc2)nc1C. The summed E-state index contributed by atoms with van der Waals surface area (Å²) in [5.41, 5.74) is 2.27. The molecule has 0 spiro atoms. The monoisotopic (exact) mass is 320 g/mol. The summed E-state index contributed by atoms with van der Waals surface area (Å²) in [5.74, 6) is 0.441. The zero-order chi connectivity index (χ0) is 15.8. The number of nitrogens with zero attached hydrogens (tertiary/aromatic N) is 1. The minimum Gasteiger partial charge on any atom is -0.482 e. The number of thiazole rings is 1. The van der Waals surface area contributed by atoms with E-state index in [1.54, 1.807) is 18.4 Å². The van der Waals surface area contributed by atoms with Crippen molar-refractivity contribution in [1.29, 1.82) is 0 Å². The number of anilines is 1. The van der Waals surface area contributed by atoms with Gasteiger partial charge in [0.2, 0.25) is 0 Å². The lowest BCUT2D eigenvalue weighted by atomic mass is 10.0. The second-order valence-corrected chi connectivity index (χ2v) is 6.24. The largest absolute Gasteiger partial charge is 0.482 e. The molecule has 2 aromatic rings. The number of ether oxygens (including phenoxy) is 2. The van der Waals surface area contributed by atoms with Crippen LogP contribution >= 0.6 is 11.3 Å². The first-order valence-corrected chi connectivity index (χ1v) is 8.40. The number of methoxy groups -OCH3 is 1. The molecule has 0 aliphatic heterocycles. The number of hydrogen-bond donors (Lipinski definition) is 1. The lowest BCUT2D eigenvalue weighted by molar-refractivity contribution is 0.173. The summed E-state index contributed by atoms with van der Waals surface area (Å²) < 4.78 is 10.8. The van der Waals surface area contributed by atoms with Crippen LogP contribution in [0, 0.1) is 6.92 Å². The standard InChI is InChI=1S/C17H24N2O2S/c1-13(15-8-5-4-6-9-15)12-18-17-19-14(2)16(22-17)21-11-7-10-20-3/h4-6,8-9,13H,7,10-12H2,1-3H3,(H,18,19). The summed E-state index contributed by atoms with van der Waals surface area (Å²) in [6.45, 7) is 6.44. The van der Waals surface area contributed by atoms with Gasteiger partial charge in [-0.25, -0.2) is 4.98 Å². The van der Waals surface area contributed by atoms with E-state index in [4.69, 9.17) is 9.47 Å². The number of nitrogens with one attached hydrogen (secondary N) is 1. The zero-order valence-electron chi connectivity index (χ0n) is 13.5. The predicted molar refractivity (Wildman–Crippen MR) is 92.2 cm³/mol. The summed E-state index contributed by atoms with van der Waals surface area (Å²) >= 11 is 1.57. The molecule has 22 heavy (non-hydrogen) atoms. The van der Waals surface area contributed by atoms with Gasteiger partial charge in [0, 0.05) is 26.7 Å². The molecule has 2 rings (SSSR count). The maximum Gasteiger partial charge on any atom is 0.198 e. The first-order chi connectivity index (χ1) is 10.7. The minimum atomic E-state index is 0.441. The van der Waals surface area contributed by atoms with Crippen LogP contribution in [0.4, 0.5) is 5.13 Å². The normalized spacial score (nSPS) is 12.1. The number of benzene rings is 1. The molecule has 0 amide bonds. The van der Waals surface area contributed by atoms with Gasteiger partial charge in [-0.15, -0.1) is 0 Å². The van der Waals surface area contributed by atoms with Gasteiger partial charge in [-0.2, -0.15) is 0 Å². The summed E-state index contributed by atoms with van der Waals surface area (Å²) in [6.07, 6.45) is 0.891. The van der Waals surface area contributed by atoms with Gasteiger partial charge >= 0.3 is 0 Å². The quantitative estimate of drug-likeness (QED) is 0.707. The molecule has 0 saturated carbocycles. The van der Waals surface area contributed by atoms with Crippen LogP contribution in [-0.4, -0.2) is 31.9 Å². The van der Waals surface area contributed by atoms with Crippen molar-refractivity contribution in [3.05, 3.63) is 41.6 Å². The number of aromatic nitrogens is 1. The fourth-order valence-electron chi connectivity index (χ4n) is 2.10. The van der Waals surface area contributed by atoms with E-state index in [-0.39, 0.29) is 0 Å². The summed E-state index contributed by atoms with van der Waals surface area (Å²) in [4.78, 5) is 4.53. The van der Waals surface area contributed by atoms with E-state index >= 15 is 0 Å². The van der Waals surface area contributed by atoms with Gasteiger partial charge in [0.15, 0.2) is 10.2 Å². The van der Waals surface area contributed by atoms with Crippen molar-refractivity contribution in [3.8, 4) is 5.06 Å². The maximum atomic E-state index is 5.75. The van der Waals surface area contributed by atoms with E-state index in [0.717, 1.165) is 35.5 Å². The van der Waals surface area contributed by atoms with E-state index in [1.165, 1.54) is 5.56 Å². The first kappa shape index (κ1) is 16.8. The number of hydrogen-bond acceptors (Lipinski definition) is 5. The van der Waals surface area contributed by atoms with Gasteiger partial charge in [-0.05, 0) is 18.4 Å². The highest BCUT2D eigenvalue weighted by molar-refractivity contribution is 7.17. The average Bonchev–Trinajstić information content (AvgIpc) is 2.90. The van der Waals surface area contributed by atoms with Crippen molar-refractivity contribution in [1.82, 2.24) is 4.98 Å². The van der Waals surface area contributed by atoms with Gasteiger partial charge in [-0.3, -0.25) is 0 Å². The van der Waals surface area contributed by atoms with E-state index in [9.17, 15) is 0 Å². The Morgan fingerprint density at radius 3 is 2.73 bits per heavy atom. The van der Waals surface area contributed by atoms with Crippen LogP contribution < -0.4 is 10.1 Å². The fraction of sp³-hybridized carbons (Fsp3) is 0.471. The smallest absolute Gasteiger partial charge is 0.198 e. The molecule has 1 heterocycles. The fourth-order valence-corrected chi connectivity index (χ4v) is 2.95. The lowest BCUT2D eigenvalue weighted by Gasteiger charge is -2.12. The molecule has 0 aliphatic rings. The number of aryl methyl sites for hydroxylation is 1. The van der Waals surface area contributed by atoms with Crippen LogP contribution in [0.2, 0.25) is 0 Å². The van der Waals surface area contributed by atoms with Crippen molar-refractivity contribution in [2.75, 3.05) is 32.2 Å². The Balaban J connectivity index is 1.83. The van der Waals surface area contributed by atoms with Crippen LogP contribution in [0.15, 0.2) is 30.3 Å².